The maximum absolute atomic E-state index is 12.1. The summed E-state index contributed by atoms with van der Waals surface area (Å²) in [5.74, 6) is 0.571. The van der Waals surface area contributed by atoms with E-state index in [9.17, 15) is 14.9 Å². The maximum atomic E-state index is 12.1. The van der Waals surface area contributed by atoms with Crippen molar-refractivity contribution in [3.63, 3.8) is 0 Å². The summed E-state index contributed by atoms with van der Waals surface area (Å²) < 4.78 is 5.07. The van der Waals surface area contributed by atoms with E-state index in [1.54, 1.807) is 31.4 Å². The summed E-state index contributed by atoms with van der Waals surface area (Å²) in [5, 5.41) is 18.9. The fourth-order valence-corrected chi connectivity index (χ4v) is 2.31. The van der Waals surface area contributed by atoms with Crippen LogP contribution in [-0.2, 0) is 0 Å². The SMILES string of the molecule is COc1ccc(C2=NC(=O)N(c3ccc([N+](=O)[O-])cc3)C2=N)cc1. The summed E-state index contributed by atoms with van der Waals surface area (Å²) in [6.07, 6.45) is 0. The molecule has 8 nitrogen and oxygen atoms in total. The van der Waals surface area contributed by atoms with Gasteiger partial charge in [0.15, 0.2) is 5.84 Å². The summed E-state index contributed by atoms with van der Waals surface area (Å²) in [6, 6.07) is 11.6. The van der Waals surface area contributed by atoms with Gasteiger partial charge in [0.1, 0.15) is 11.5 Å². The van der Waals surface area contributed by atoms with Crippen LogP contribution in [-0.4, -0.2) is 29.6 Å². The minimum Gasteiger partial charge on any atom is -0.497 e. The molecule has 24 heavy (non-hydrogen) atoms. The first-order chi connectivity index (χ1) is 11.5. The topological polar surface area (TPSA) is 109 Å². The van der Waals surface area contributed by atoms with Crippen LogP contribution >= 0.6 is 0 Å². The molecule has 2 aromatic rings. The predicted octanol–water partition coefficient (Wildman–Crippen LogP) is 3.01. The molecule has 1 aliphatic rings. The molecule has 0 aromatic heterocycles. The van der Waals surface area contributed by atoms with Crippen LogP contribution in [0.2, 0.25) is 0 Å². The number of nitro benzene ring substituents is 1. The molecule has 0 radical (unpaired) electrons. The number of ether oxygens (including phenoxy) is 1. The van der Waals surface area contributed by atoms with Gasteiger partial charge in [0, 0.05) is 17.7 Å². The van der Waals surface area contributed by atoms with Crippen molar-refractivity contribution in [3.05, 3.63) is 64.2 Å². The zero-order chi connectivity index (χ0) is 17.3. The molecule has 0 atom stereocenters. The van der Waals surface area contributed by atoms with Crippen molar-refractivity contribution in [1.82, 2.24) is 0 Å². The number of non-ortho nitro benzene ring substituents is 1. The Bertz CT molecular complexity index is 857. The Morgan fingerprint density at radius 2 is 1.75 bits per heavy atom. The second-order valence-corrected chi connectivity index (χ2v) is 4.93. The van der Waals surface area contributed by atoms with Crippen molar-refractivity contribution < 1.29 is 14.5 Å². The molecular formula is C16H12N4O4. The van der Waals surface area contributed by atoms with E-state index in [0.29, 0.717) is 17.0 Å². The lowest BCUT2D eigenvalue weighted by molar-refractivity contribution is -0.384. The van der Waals surface area contributed by atoms with E-state index < -0.39 is 11.0 Å². The first kappa shape index (κ1) is 15.3. The zero-order valence-electron chi connectivity index (χ0n) is 12.6. The molecule has 1 aliphatic heterocycles. The van der Waals surface area contributed by atoms with Crippen LogP contribution in [0, 0.1) is 15.5 Å². The van der Waals surface area contributed by atoms with Gasteiger partial charge in [-0.05, 0) is 36.4 Å². The summed E-state index contributed by atoms with van der Waals surface area (Å²) in [5.41, 5.74) is 1.11. The van der Waals surface area contributed by atoms with Crippen LogP contribution in [0.1, 0.15) is 5.56 Å². The van der Waals surface area contributed by atoms with Gasteiger partial charge < -0.3 is 4.74 Å². The van der Waals surface area contributed by atoms with Crippen LogP contribution in [0.3, 0.4) is 0 Å². The van der Waals surface area contributed by atoms with Crippen LogP contribution in [0.25, 0.3) is 0 Å². The van der Waals surface area contributed by atoms with E-state index >= 15 is 0 Å². The van der Waals surface area contributed by atoms with E-state index in [2.05, 4.69) is 4.99 Å². The Hall–Kier alpha value is -3.55. The van der Waals surface area contributed by atoms with Gasteiger partial charge in [0.2, 0.25) is 0 Å². The number of carbonyl (C=O) groups is 1. The first-order valence-electron chi connectivity index (χ1n) is 6.92. The van der Waals surface area contributed by atoms with Crippen molar-refractivity contribution in [3.8, 4) is 5.75 Å². The highest BCUT2D eigenvalue weighted by Gasteiger charge is 2.32. The highest BCUT2D eigenvalue weighted by molar-refractivity contribution is 6.59. The number of methoxy groups -OCH3 is 1. The number of hydrogen-bond acceptors (Lipinski definition) is 5. The van der Waals surface area contributed by atoms with E-state index in [-0.39, 0.29) is 17.2 Å². The Morgan fingerprint density at radius 1 is 1.12 bits per heavy atom. The standard InChI is InChI=1S/C16H12N4O4/c1-24-13-8-2-10(3-9-13)14-15(17)19(16(21)18-14)11-4-6-12(7-5-11)20(22)23/h2-9,17H,1H3. The van der Waals surface area contributed by atoms with E-state index in [1.807, 2.05) is 0 Å². The molecule has 0 aliphatic carbocycles. The average molecular weight is 324 g/mol. The molecular weight excluding hydrogens is 312 g/mol. The number of amides is 2. The Labute approximate surface area is 136 Å². The lowest BCUT2D eigenvalue weighted by Gasteiger charge is -2.15. The highest BCUT2D eigenvalue weighted by atomic mass is 16.6. The van der Waals surface area contributed by atoms with Gasteiger partial charge in [-0.15, -0.1) is 0 Å². The largest absolute Gasteiger partial charge is 0.497 e. The Balaban J connectivity index is 1.89. The predicted molar refractivity (Wildman–Crippen MR) is 88.2 cm³/mol. The third-order valence-electron chi connectivity index (χ3n) is 3.53. The fraction of sp³-hybridized carbons (Fsp3) is 0.0625. The number of nitro groups is 1. The number of urea groups is 1. The van der Waals surface area contributed by atoms with Crippen LogP contribution < -0.4 is 9.64 Å². The van der Waals surface area contributed by atoms with Gasteiger partial charge in [0.25, 0.3) is 5.69 Å². The van der Waals surface area contributed by atoms with Gasteiger partial charge in [-0.1, -0.05) is 0 Å². The molecule has 0 spiro atoms. The summed E-state index contributed by atoms with van der Waals surface area (Å²) in [6.45, 7) is 0. The summed E-state index contributed by atoms with van der Waals surface area (Å²) in [4.78, 5) is 27.3. The number of aliphatic imine (C=N–C) groups is 1. The number of carbonyl (C=O) groups excluding carboxylic acids is 1. The molecule has 0 bridgehead atoms. The number of anilines is 1. The van der Waals surface area contributed by atoms with Crippen molar-refractivity contribution in [2.75, 3.05) is 12.0 Å². The number of amidine groups is 1. The molecule has 1 N–H and O–H groups in total. The van der Waals surface area contributed by atoms with Crippen LogP contribution in [0.5, 0.6) is 5.75 Å². The monoisotopic (exact) mass is 324 g/mol. The molecule has 3 rings (SSSR count). The molecule has 0 unspecified atom stereocenters. The van der Waals surface area contributed by atoms with E-state index in [0.717, 1.165) is 4.90 Å². The van der Waals surface area contributed by atoms with Gasteiger partial charge in [-0.2, -0.15) is 4.99 Å². The molecule has 2 amide bonds. The van der Waals surface area contributed by atoms with Gasteiger partial charge in [0.05, 0.1) is 17.7 Å². The quantitative estimate of drug-likeness (QED) is 0.688. The lowest BCUT2D eigenvalue weighted by Crippen LogP contribution is -2.32. The van der Waals surface area contributed by atoms with Gasteiger partial charge in [-0.3, -0.25) is 15.5 Å². The Morgan fingerprint density at radius 3 is 2.29 bits per heavy atom. The molecule has 0 fully saturated rings. The molecule has 120 valence electrons. The van der Waals surface area contributed by atoms with Gasteiger partial charge >= 0.3 is 6.03 Å². The zero-order valence-corrected chi connectivity index (χ0v) is 12.6. The molecule has 0 saturated heterocycles. The number of nitrogens with zero attached hydrogens (tertiary/aromatic N) is 3. The second kappa shape index (κ2) is 5.92. The minimum absolute atomic E-state index is 0.0842. The van der Waals surface area contributed by atoms with Crippen molar-refractivity contribution in [1.29, 1.82) is 5.41 Å². The minimum atomic E-state index is -0.611. The summed E-state index contributed by atoms with van der Waals surface area (Å²) in [7, 11) is 1.55. The van der Waals surface area contributed by atoms with E-state index in [1.165, 1.54) is 24.3 Å². The first-order valence-corrected chi connectivity index (χ1v) is 6.92. The molecule has 1 heterocycles. The normalized spacial score (nSPS) is 13.9. The van der Waals surface area contributed by atoms with Crippen LogP contribution in [0.4, 0.5) is 16.2 Å². The van der Waals surface area contributed by atoms with Crippen molar-refractivity contribution >= 4 is 29.0 Å². The molecule has 8 heteroatoms. The smallest absolute Gasteiger partial charge is 0.354 e. The average Bonchev–Trinajstić information content (AvgIpc) is 2.89. The number of nitrogens with one attached hydrogen (secondary N) is 1. The number of hydrogen-bond donors (Lipinski definition) is 1. The number of rotatable bonds is 4. The second-order valence-electron chi connectivity index (χ2n) is 4.93. The molecule has 2 aromatic carbocycles. The third-order valence-corrected chi connectivity index (χ3v) is 3.53. The third kappa shape index (κ3) is 2.60. The van der Waals surface area contributed by atoms with Gasteiger partial charge in [-0.25, -0.2) is 9.69 Å². The van der Waals surface area contributed by atoms with Crippen LogP contribution in [0.15, 0.2) is 53.5 Å². The molecule has 0 saturated carbocycles. The van der Waals surface area contributed by atoms with Crippen molar-refractivity contribution in [2.24, 2.45) is 4.99 Å². The van der Waals surface area contributed by atoms with E-state index in [4.69, 9.17) is 10.1 Å². The Kier molecular flexibility index (Phi) is 3.78. The summed E-state index contributed by atoms with van der Waals surface area (Å²) >= 11 is 0. The maximum Gasteiger partial charge on any atom is 0.354 e. The number of benzene rings is 2. The highest BCUT2D eigenvalue weighted by Crippen LogP contribution is 2.25. The lowest BCUT2D eigenvalue weighted by atomic mass is 10.1. The fourth-order valence-electron chi connectivity index (χ4n) is 2.31. The van der Waals surface area contributed by atoms with Crippen molar-refractivity contribution in [2.45, 2.75) is 0 Å².